The highest BCUT2D eigenvalue weighted by molar-refractivity contribution is 5.39. The van der Waals surface area contributed by atoms with Gasteiger partial charge in [0.2, 0.25) is 0 Å². The molecule has 1 atom stereocenters. The van der Waals surface area contributed by atoms with Crippen LogP contribution in [0.25, 0.3) is 0 Å². The maximum absolute atomic E-state index is 10.0. The predicted octanol–water partition coefficient (Wildman–Crippen LogP) is 2.10. The highest BCUT2D eigenvalue weighted by Gasteiger charge is 2.22. The molecule has 1 aliphatic rings. The molecule has 19 heavy (non-hydrogen) atoms. The van der Waals surface area contributed by atoms with Gasteiger partial charge in [0.05, 0.1) is 7.11 Å². The molecule has 0 bridgehead atoms. The molecular formula is C15H24N2O2. The van der Waals surface area contributed by atoms with Crippen LogP contribution in [0.2, 0.25) is 0 Å². The van der Waals surface area contributed by atoms with Crippen molar-refractivity contribution in [3.8, 4) is 11.5 Å². The first-order valence-corrected chi connectivity index (χ1v) is 7.04. The van der Waals surface area contributed by atoms with Crippen molar-refractivity contribution in [2.24, 2.45) is 5.73 Å². The topological polar surface area (TPSA) is 58.7 Å². The summed E-state index contributed by atoms with van der Waals surface area (Å²) in [5, 5.41) is 10.0. The fourth-order valence-corrected chi connectivity index (χ4v) is 2.81. The number of phenolic OH excluding ortho intramolecular Hbond substituents is 1. The van der Waals surface area contributed by atoms with Crippen LogP contribution in [0, 0.1) is 0 Å². The smallest absolute Gasteiger partial charge is 0.123 e. The number of hydrogen-bond donors (Lipinski definition) is 2. The van der Waals surface area contributed by atoms with Crippen LogP contribution < -0.4 is 10.5 Å². The highest BCUT2D eigenvalue weighted by Crippen LogP contribution is 2.27. The molecule has 1 fully saturated rings. The number of ether oxygens (including phenoxy) is 1. The van der Waals surface area contributed by atoms with Crippen molar-refractivity contribution < 1.29 is 9.84 Å². The first-order valence-electron chi connectivity index (χ1n) is 7.04. The van der Waals surface area contributed by atoms with Crippen molar-refractivity contribution in [1.82, 2.24) is 4.90 Å². The van der Waals surface area contributed by atoms with Crippen molar-refractivity contribution in [3.63, 3.8) is 0 Å². The van der Waals surface area contributed by atoms with E-state index in [1.165, 1.54) is 19.3 Å². The molecule has 1 aromatic rings. The summed E-state index contributed by atoms with van der Waals surface area (Å²) in [5.41, 5.74) is 6.65. The van der Waals surface area contributed by atoms with Gasteiger partial charge in [0, 0.05) is 24.2 Å². The molecule has 0 saturated carbocycles. The molecule has 106 valence electrons. The zero-order chi connectivity index (χ0) is 13.7. The van der Waals surface area contributed by atoms with Gasteiger partial charge in [-0.2, -0.15) is 0 Å². The molecule has 1 saturated heterocycles. The third kappa shape index (κ3) is 3.61. The summed E-state index contributed by atoms with van der Waals surface area (Å²) in [5.74, 6) is 1.01. The van der Waals surface area contributed by atoms with E-state index in [9.17, 15) is 5.11 Å². The molecule has 0 aromatic heterocycles. The molecule has 4 nitrogen and oxygen atoms in total. The lowest BCUT2D eigenvalue weighted by atomic mass is 9.98. The van der Waals surface area contributed by atoms with E-state index in [0.29, 0.717) is 17.5 Å². The van der Waals surface area contributed by atoms with Gasteiger partial charge in [0.15, 0.2) is 0 Å². The summed E-state index contributed by atoms with van der Waals surface area (Å²) in [6.45, 7) is 2.62. The van der Waals surface area contributed by atoms with Crippen molar-refractivity contribution >= 4 is 0 Å². The third-order valence-corrected chi connectivity index (χ3v) is 3.91. The SMILES string of the molecule is COc1ccc(CN2CCCCC2CCN)c(O)c1. The second-order valence-corrected chi connectivity index (χ2v) is 5.19. The van der Waals surface area contributed by atoms with Gasteiger partial charge in [-0.3, -0.25) is 4.90 Å². The van der Waals surface area contributed by atoms with E-state index in [-0.39, 0.29) is 0 Å². The minimum Gasteiger partial charge on any atom is -0.507 e. The molecule has 0 aliphatic carbocycles. The average Bonchev–Trinajstić information content (AvgIpc) is 2.43. The zero-order valence-corrected chi connectivity index (χ0v) is 11.6. The lowest BCUT2D eigenvalue weighted by molar-refractivity contribution is 0.133. The molecule has 4 heteroatoms. The number of methoxy groups -OCH3 is 1. The van der Waals surface area contributed by atoms with E-state index in [2.05, 4.69) is 4.90 Å². The number of likely N-dealkylation sites (tertiary alicyclic amines) is 1. The lowest BCUT2D eigenvalue weighted by Crippen LogP contribution is -2.40. The number of nitrogens with zero attached hydrogens (tertiary/aromatic N) is 1. The first kappa shape index (κ1) is 14.2. The van der Waals surface area contributed by atoms with Crippen LogP contribution in [0.15, 0.2) is 18.2 Å². The van der Waals surface area contributed by atoms with Gasteiger partial charge >= 0.3 is 0 Å². The van der Waals surface area contributed by atoms with E-state index in [1.807, 2.05) is 12.1 Å². The number of aromatic hydroxyl groups is 1. The average molecular weight is 264 g/mol. The monoisotopic (exact) mass is 264 g/mol. The molecule has 0 spiro atoms. The zero-order valence-electron chi connectivity index (χ0n) is 11.6. The van der Waals surface area contributed by atoms with Gasteiger partial charge < -0.3 is 15.6 Å². The fraction of sp³-hybridized carbons (Fsp3) is 0.600. The number of hydrogen-bond acceptors (Lipinski definition) is 4. The quantitative estimate of drug-likeness (QED) is 0.855. The van der Waals surface area contributed by atoms with Gasteiger partial charge in [-0.05, 0) is 38.4 Å². The Morgan fingerprint density at radius 3 is 2.95 bits per heavy atom. The van der Waals surface area contributed by atoms with Gasteiger partial charge in [-0.25, -0.2) is 0 Å². The summed E-state index contributed by atoms with van der Waals surface area (Å²) in [7, 11) is 1.61. The standard InChI is InChI=1S/C15H24N2O2/c1-19-14-6-5-12(15(18)10-14)11-17-9-3-2-4-13(17)7-8-16/h5-6,10,13,18H,2-4,7-9,11,16H2,1H3. The van der Waals surface area contributed by atoms with Gasteiger partial charge in [0.25, 0.3) is 0 Å². The summed E-state index contributed by atoms with van der Waals surface area (Å²) < 4.78 is 5.11. The molecule has 2 rings (SSSR count). The van der Waals surface area contributed by atoms with Gasteiger partial charge in [0.1, 0.15) is 11.5 Å². The summed E-state index contributed by atoms with van der Waals surface area (Å²) in [6, 6.07) is 6.08. The predicted molar refractivity (Wildman–Crippen MR) is 76.4 cm³/mol. The Labute approximate surface area is 115 Å². The molecule has 1 aromatic carbocycles. The summed E-state index contributed by atoms with van der Waals surface area (Å²) in [6.07, 6.45) is 4.78. The van der Waals surface area contributed by atoms with Crippen molar-refractivity contribution in [3.05, 3.63) is 23.8 Å². The van der Waals surface area contributed by atoms with Gasteiger partial charge in [-0.1, -0.05) is 12.5 Å². The number of benzene rings is 1. The molecule has 3 N–H and O–H groups in total. The van der Waals surface area contributed by atoms with Crippen LogP contribution >= 0.6 is 0 Å². The van der Waals surface area contributed by atoms with E-state index < -0.39 is 0 Å². The normalized spacial score (nSPS) is 20.4. The van der Waals surface area contributed by atoms with E-state index in [0.717, 1.165) is 31.6 Å². The Hall–Kier alpha value is -1.26. The molecule has 1 heterocycles. The number of piperidine rings is 1. The maximum Gasteiger partial charge on any atom is 0.123 e. The lowest BCUT2D eigenvalue weighted by Gasteiger charge is -2.35. The van der Waals surface area contributed by atoms with Crippen LogP contribution in [-0.2, 0) is 6.54 Å². The first-order chi connectivity index (χ1) is 9.24. The van der Waals surface area contributed by atoms with Crippen LogP contribution in [0.5, 0.6) is 11.5 Å². The Morgan fingerprint density at radius 2 is 2.26 bits per heavy atom. The Bertz CT molecular complexity index is 407. The van der Waals surface area contributed by atoms with E-state index in [1.54, 1.807) is 13.2 Å². The molecule has 0 amide bonds. The van der Waals surface area contributed by atoms with E-state index >= 15 is 0 Å². The molecular weight excluding hydrogens is 240 g/mol. The number of nitrogens with two attached hydrogens (primary N) is 1. The molecule has 1 unspecified atom stereocenters. The Balaban J connectivity index is 2.06. The van der Waals surface area contributed by atoms with Crippen molar-refractivity contribution in [2.75, 3.05) is 20.2 Å². The highest BCUT2D eigenvalue weighted by atomic mass is 16.5. The molecule has 1 aliphatic heterocycles. The Morgan fingerprint density at radius 1 is 1.42 bits per heavy atom. The second-order valence-electron chi connectivity index (χ2n) is 5.19. The van der Waals surface area contributed by atoms with Crippen LogP contribution in [0.4, 0.5) is 0 Å². The largest absolute Gasteiger partial charge is 0.507 e. The second kappa shape index (κ2) is 6.78. The van der Waals surface area contributed by atoms with E-state index in [4.69, 9.17) is 10.5 Å². The van der Waals surface area contributed by atoms with Crippen LogP contribution in [0.1, 0.15) is 31.2 Å². The van der Waals surface area contributed by atoms with Crippen molar-refractivity contribution in [2.45, 2.75) is 38.3 Å². The Kier molecular flexibility index (Phi) is 5.05. The fourth-order valence-electron chi connectivity index (χ4n) is 2.81. The van der Waals surface area contributed by atoms with Crippen LogP contribution in [0.3, 0.4) is 0 Å². The van der Waals surface area contributed by atoms with Crippen LogP contribution in [-0.4, -0.2) is 36.2 Å². The minimum atomic E-state index is 0.316. The number of phenols is 1. The number of rotatable bonds is 5. The summed E-state index contributed by atoms with van der Waals surface area (Å²) >= 11 is 0. The maximum atomic E-state index is 10.0. The summed E-state index contributed by atoms with van der Waals surface area (Å²) in [4.78, 5) is 2.44. The van der Waals surface area contributed by atoms with Gasteiger partial charge in [-0.15, -0.1) is 0 Å². The molecule has 0 radical (unpaired) electrons. The third-order valence-electron chi connectivity index (χ3n) is 3.91. The minimum absolute atomic E-state index is 0.316. The van der Waals surface area contributed by atoms with Crippen molar-refractivity contribution in [1.29, 1.82) is 0 Å².